The van der Waals surface area contributed by atoms with Crippen molar-refractivity contribution in [1.29, 1.82) is 0 Å². The minimum Gasteiger partial charge on any atom is -0.468 e. The maximum Gasteiger partial charge on any atom is 0.322 e. The van der Waals surface area contributed by atoms with Crippen molar-refractivity contribution in [2.24, 2.45) is 0 Å². The van der Waals surface area contributed by atoms with Gasteiger partial charge in [0.05, 0.1) is 16.9 Å². The van der Waals surface area contributed by atoms with E-state index in [0.717, 1.165) is 3.57 Å². The molecule has 0 amide bonds. The van der Waals surface area contributed by atoms with Gasteiger partial charge in [0.25, 0.3) is 0 Å². The molecule has 1 rings (SSSR count). The normalized spacial score (nSPS) is 12.8. The molecule has 0 aliphatic carbocycles. The molecule has 0 fully saturated rings. The lowest BCUT2D eigenvalue weighted by Gasteiger charge is -2.18. The third-order valence-electron chi connectivity index (χ3n) is 2.27. The van der Waals surface area contributed by atoms with Gasteiger partial charge in [0.15, 0.2) is 0 Å². The second kappa shape index (κ2) is 6.95. The fraction of sp³-hybridized carbons (Fsp3) is 0.636. The molecule has 6 heteroatoms. The number of aryl methyl sites for hydroxylation is 1. The van der Waals surface area contributed by atoms with Gasteiger partial charge in [-0.1, -0.05) is 13.8 Å². The number of hydrogen-bond acceptors (Lipinski definition) is 4. The number of nitrogens with one attached hydrogen (secondary N) is 1. The first-order valence-corrected chi connectivity index (χ1v) is 6.62. The molecule has 17 heavy (non-hydrogen) atoms. The van der Waals surface area contributed by atoms with E-state index in [1.54, 1.807) is 6.20 Å². The van der Waals surface area contributed by atoms with E-state index in [2.05, 4.69) is 33.0 Å². The first-order valence-electron chi connectivity index (χ1n) is 5.54. The second-order valence-corrected chi connectivity index (χ2v) is 5.35. The van der Waals surface area contributed by atoms with Crippen LogP contribution >= 0.6 is 22.6 Å². The Morgan fingerprint density at radius 2 is 2.35 bits per heavy atom. The van der Waals surface area contributed by atoms with Gasteiger partial charge in [-0.2, -0.15) is 5.10 Å². The monoisotopic (exact) mass is 351 g/mol. The van der Waals surface area contributed by atoms with Crippen molar-refractivity contribution in [2.45, 2.75) is 38.9 Å². The van der Waals surface area contributed by atoms with Crippen molar-refractivity contribution in [3.63, 3.8) is 0 Å². The molecular weight excluding hydrogens is 333 g/mol. The number of halogens is 1. The third-order valence-corrected chi connectivity index (χ3v) is 2.83. The molecule has 0 aliphatic heterocycles. The van der Waals surface area contributed by atoms with Crippen LogP contribution < -0.4 is 5.32 Å². The van der Waals surface area contributed by atoms with Gasteiger partial charge in [0, 0.05) is 18.8 Å². The van der Waals surface area contributed by atoms with Gasteiger partial charge in [-0.3, -0.25) is 9.48 Å². The van der Waals surface area contributed by atoms with E-state index >= 15 is 0 Å². The first kappa shape index (κ1) is 14.4. The summed E-state index contributed by atoms with van der Waals surface area (Å²) < 4.78 is 7.70. The topological polar surface area (TPSA) is 56.2 Å². The molecular formula is C11H18IN3O2. The highest BCUT2D eigenvalue weighted by molar-refractivity contribution is 14.1. The molecule has 1 N–H and O–H groups in total. The predicted molar refractivity (Wildman–Crippen MR) is 73.6 cm³/mol. The molecule has 1 unspecified atom stereocenters. The Bertz CT molecular complexity index is 365. The van der Waals surface area contributed by atoms with Crippen molar-refractivity contribution < 1.29 is 9.53 Å². The van der Waals surface area contributed by atoms with Gasteiger partial charge in [-0.25, -0.2) is 0 Å². The lowest BCUT2D eigenvalue weighted by atomic mass is 10.2. The number of carbonyl (C=O) groups is 1. The van der Waals surface area contributed by atoms with Gasteiger partial charge in [-0.05, 0) is 29.0 Å². The SMILES string of the molecule is COC(=O)C(CCn1cc(I)cn1)NC(C)C. The molecule has 5 nitrogen and oxygen atoms in total. The summed E-state index contributed by atoms with van der Waals surface area (Å²) in [5.74, 6) is -0.222. The molecule has 1 aromatic heterocycles. The zero-order chi connectivity index (χ0) is 12.8. The van der Waals surface area contributed by atoms with E-state index in [1.807, 2.05) is 24.7 Å². The molecule has 0 aromatic carbocycles. The lowest BCUT2D eigenvalue weighted by molar-refractivity contribution is -0.143. The van der Waals surface area contributed by atoms with Crippen LogP contribution in [0.1, 0.15) is 20.3 Å². The number of aromatic nitrogens is 2. The van der Waals surface area contributed by atoms with E-state index in [1.165, 1.54) is 7.11 Å². The summed E-state index contributed by atoms with van der Waals surface area (Å²) >= 11 is 2.21. The van der Waals surface area contributed by atoms with E-state index < -0.39 is 0 Å². The van der Waals surface area contributed by atoms with Crippen molar-refractivity contribution in [3.8, 4) is 0 Å². The zero-order valence-corrected chi connectivity index (χ0v) is 12.5. The van der Waals surface area contributed by atoms with Crippen LogP contribution in [0, 0.1) is 3.57 Å². The fourth-order valence-corrected chi connectivity index (χ4v) is 1.98. The van der Waals surface area contributed by atoms with Crippen LogP contribution in [0.2, 0.25) is 0 Å². The van der Waals surface area contributed by atoms with E-state index in [-0.39, 0.29) is 18.1 Å². The smallest absolute Gasteiger partial charge is 0.322 e. The summed E-state index contributed by atoms with van der Waals surface area (Å²) in [4.78, 5) is 11.6. The highest BCUT2D eigenvalue weighted by Crippen LogP contribution is 2.04. The Labute approximate surface area is 115 Å². The summed E-state index contributed by atoms with van der Waals surface area (Å²) in [6.45, 7) is 4.71. The summed E-state index contributed by atoms with van der Waals surface area (Å²) in [6, 6.07) is -0.0290. The molecule has 0 bridgehead atoms. The average Bonchev–Trinajstić information content (AvgIpc) is 2.68. The van der Waals surface area contributed by atoms with Crippen molar-refractivity contribution in [2.75, 3.05) is 7.11 Å². The summed E-state index contributed by atoms with van der Waals surface area (Å²) in [7, 11) is 1.41. The molecule has 0 aliphatic rings. The van der Waals surface area contributed by atoms with Crippen LogP contribution in [0.4, 0.5) is 0 Å². The van der Waals surface area contributed by atoms with Crippen molar-refractivity contribution >= 4 is 28.6 Å². The van der Waals surface area contributed by atoms with Crippen LogP contribution in [-0.2, 0) is 16.1 Å². The first-order chi connectivity index (χ1) is 8.02. The van der Waals surface area contributed by atoms with Gasteiger partial charge in [-0.15, -0.1) is 0 Å². The number of ether oxygens (including phenoxy) is 1. The molecule has 1 aromatic rings. The fourth-order valence-electron chi connectivity index (χ4n) is 1.54. The van der Waals surface area contributed by atoms with E-state index in [4.69, 9.17) is 4.74 Å². The quantitative estimate of drug-likeness (QED) is 0.622. The Morgan fingerprint density at radius 3 is 2.82 bits per heavy atom. The number of rotatable bonds is 6. The lowest BCUT2D eigenvalue weighted by Crippen LogP contribution is -2.42. The Hall–Kier alpha value is -0.630. The molecule has 1 heterocycles. The highest BCUT2D eigenvalue weighted by Gasteiger charge is 2.19. The number of esters is 1. The van der Waals surface area contributed by atoms with Crippen LogP contribution in [0.3, 0.4) is 0 Å². The maximum atomic E-state index is 11.6. The standard InChI is InChI=1S/C11H18IN3O2/c1-8(2)14-10(11(16)17-3)4-5-15-7-9(12)6-13-15/h6-8,10,14H,4-5H2,1-3H3. The number of hydrogen-bond donors (Lipinski definition) is 1. The van der Waals surface area contributed by atoms with Gasteiger partial charge < -0.3 is 10.1 Å². The van der Waals surface area contributed by atoms with Gasteiger partial charge in [0.2, 0.25) is 0 Å². The van der Waals surface area contributed by atoms with Crippen LogP contribution in [0.15, 0.2) is 12.4 Å². The largest absolute Gasteiger partial charge is 0.468 e. The average molecular weight is 351 g/mol. The molecule has 0 saturated heterocycles. The second-order valence-electron chi connectivity index (χ2n) is 4.11. The zero-order valence-electron chi connectivity index (χ0n) is 10.3. The van der Waals surface area contributed by atoms with E-state index in [0.29, 0.717) is 13.0 Å². The summed E-state index contributed by atoms with van der Waals surface area (Å²) in [5.41, 5.74) is 0. The minimum absolute atomic E-state index is 0.222. The minimum atomic E-state index is -0.276. The van der Waals surface area contributed by atoms with Gasteiger partial charge >= 0.3 is 5.97 Å². The van der Waals surface area contributed by atoms with E-state index in [9.17, 15) is 4.79 Å². The molecule has 1 atom stereocenters. The van der Waals surface area contributed by atoms with Gasteiger partial charge in [0.1, 0.15) is 6.04 Å². The van der Waals surface area contributed by atoms with Crippen LogP contribution in [0.5, 0.6) is 0 Å². The summed E-state index contributed by atoms with van der Waals surface area (Å²) in [6.07, 6.45) is 4.41. The molecule has 0 spiro atoms. The number of nitrogens with zero attached hydrogens (tertiary/aromatic N) is 2. The number of methoxy groups -OCH3 is 1. The Kier molecular flexibility index (Phi) is 5.90. The Morgan fingerprint density at radius 1 is 1.65 bits per heavy atom. The van der Waals surface area contributed by atoms with Crippen LogP contribution in [-0.4, -0.2) is 34.9 Å². The predicted octanol–water partition coefficient (Wildman–Crippen LogP) is 1.42. The molecule has 96 valence electrons. The maximum absolute atomic E-state index is 11.6. The molecule has 0 radical (unpaired) electrons. The molecule has 0 saturated carbocycles. The van der Waals surface area contributed by atoms with Crippen molar-refractivity contribution in [1.82, 2.24) is 15.1 Å². The Balaban J connectivity index is 2.51. The third kappa shape index (κ3) is 5.03. The van der Waals surface area contributed by atoms with Crippen molar-refractivity contribution in [3.05, 3.63) is 16.0 Å². The summed E-state index contributed by atoms with van der Waals surface area (Å²) in [5, 5.41) is 7.37. The highest BCUT2D eigenvalue weighted by atomic mass is 127. The van der Waals surface area contributed by atoms with Crippen LogP contribution in [0.25, 0.3) is 0 Å². The number of carbonyl (C=O) groups excluding carboxylic acids is 1.